The summed E-state index contributed by atoms with van der Waals surface area (Å²) in [5, 5.41) is 0. The van der Waals surface area contributed by atoms with Crippen molar-refractivity contribution in [2.24, 2.45) is 0 Å². The van der Waals surface area contributed by atoms with Crippen molar-refractivity contribution in [3.8, 4) is 5.75 Å². The second-order valence-corrected chi connectivity index (χ2v) is 12.9. The fourth-order valence-electron chi connectivity index (χ4n) is 5.56. The Morgan fingerprint density at radius 2 is 1.00 bits per heavy atom. The molecule has 1 rings (SSSR count). The summed E-state index contributed by atoms with van der Waals surface area (Å²) in [5.74, 6) is 0.958. The van der Waals surface area contributed by atoms with Gasteiger partial charge in [-0.2, -0.15) is 0 Å². The Balaban J connectivity index is 0. The van der Waals surface area contributed by atoms with Crippen molar-refractivity contribution in [1.82, 2.24) is 0 Å². The molecule has 38 heavy (non-hydrogen) atoms. The summed E-state index contributed by atoms with van der Waals surface area (Å²) in [6.07, 6.45) is 24.0. The van der Waals surface area contributed by atoms with Crippen LogP contribution in [-0.4, -0.2) is 64.4 Å². The van der Waals surface area contributed by atoms with E-state index in [2.05, 4.69) is 66.4 Å². The summed E-state index contributed by atoms with van der Waals surface area (Å²) < 4.78 is 7.54. The van der Waals surface area contributed by atoms with Crippen molar-refractivity contribution < 1.29 is 38.5 Å². The van der Waals surface area contributed by atoms with Gasteiger partial charge in [0.25, 0.3) is 0 Å². The van der Waals surface area contributed by atoms with E-state index in [0.29, 0.717) is 6.04 Å². The average Bonchev–Trinajstić information content (AvgIpc) is 2.83. The molecule has 3 nitrogen and oxygen atoms in total. The number of hydrogen-bond acceptors (Lipinski definition) is 1. The van der Waals surface area contributed by atoms with Crippen LogP contribution in [0.3, 0.4) is 0 Å². The first-order valence-electron chi connectivity index (χ1n) is 15.5. The van der Waals surface area contributed by atoms with Crippen LogP contribution in [0.2, 0.25) is 0 Å². The molecule has 0 N–H and O–H groups in total. The molecule has 0 spiro atoms. The maximum atomic E-state index is 5.42. The van der Waals surface area contributed by atoms with Crippen LogP contribution in [0.1, 0.15) is 128 Å². The van der Waals surface area contributed by atoms with Crippen LogP contribution in [-0.2, 0) is 0 Å². The number of ether oxygens (including phenoxy) is 1. The molecule has 0 aliphatic heterocycles. The Bertz CT molecular complexity index is 643. The van der Waals surface area contributed by atoms with Crippen molar-refractivity contribution in [2.75, 3.05) is 55.4 Å². The van der Waals surface area contributed by atoms with Gasteiger partial charge in [-0.3, -0.25) is 0 Å². The number of rotatable bonds is 23. The Kier molecular flexibility index (Phi) is 24.3. The molecule has 0 heterocycles. The van der Waals surface area contributed by atoms with Gasteiger partial charge in [-0.05, 0) is 30.7 Å². The van der Waals surface area contributed by atoms with Gasteiger partial charge in [0.05, 0.1) is 55.4 Å². The predicted octanol–water partition coefficient (Wildman–Crippen LogP) is 3.18. The molecule has 0 aliphatic carbocycles. The van der Waals surface area contributed by atoms with Crippen molar-refractivity contribution in [3.63, 3.8) is 0 Å². The molecule has 0 saturated heterocycles. The Hall–Kier alpha value is -0.480. The highest BCUT2D eigenvalue weighted by Crippen LogP contribution is 2.32. The normalized spacial score (nSPS) is 12.5. The summed E-state index contributed by atoms with van der Waals surface area (Å²) >= 11 is 0. The fourth-order valence-corrected chi connectivity index (χ4v) is 5.56. The van der Waals surface area contributed by atoms with E-state index in [1.54, 1.807) is 7.11 Å². The lowest BCUT2D eigenvalue weighted by Crippen LogP contribution is -3.00. The quantitative estimate of drug-likeness (QED) is 0.144. The minimum atomic E-state index is 0. The van der Waals surface area contributed by atoms with Gasteiger partial charge in [0.2, 0.25) is 0 Å². The molecule has 0 aliphatic rings. The van der Waals surface area contributed by atoms with Crippen molar-refractivity contribution in [2.45, 2.75) is 122 Å². The first-order chi connectivity index (χ1) is 17.2. The van der Waals surface area contributed by atoms with Gasteiger partial charge in [-0.25, -0.2) is 0 Å². The van der Waals surface area contributed by atoms with E-state index >= 15 is 0 Å². The summed E-state index contributed by atoms with van der Waals surface area (Å²) in [5.41, 5.74) is 1.47. The second-order valence-electron chi connectivity index (χ2n) is 12.9. The number of nitrogens with zero attached hydrogens (tertiary/aromatic N) is 2. The monoisotopic (exact) mass is 574 g/mol. The third-order valence-corrected chi connectivity index (χ3v) is 7.99. The van der Waals surface area contributed by atoms with E-state index in [1.807, 2.05) is 0 Å². The van der Waals surface area contributed by atoms with Gasteiger partial charge in [-0.15, -0.1) is 0 Å². The molecule has 1 aromatic carbocycles. The maximum absolute atomic E-state index is 5.42. The topological polar surface area (TPSA) is 9.23 Å². The van der Waals surface area contributed by atoms with E-state index < -0.39 is 0 Å². The van der Waals surface area contributed by atoms with Crippen LogP contribution in [0.5, 0.6) is 5.75 Å². The molecule has 1 aromatic rings. The van der Waals surface area contributed by atoms with Gasteiger partial charge in [0.1, 0.15) is 11.8 Å². The number of hydrogen-bond donors (Lipinski definition) is 0. The van der Waals surface area contributed by atoms with Crippen LogP contribution >= 0.6 is 0 Å². The minimum absolute atomic E-state index is 0. The zero-order valence-electron chi connectivity index (χ0n) is 26.4. The number of unbranched alkanes of at least 4 members (excludes halogenated alkanes) is 14. The van der Waals surface area contributed by atoms with E-state index in [1.165, 1.54) is 128 Å². The molecule has 0 aromatic heterocycles. The molecule has 1 atom stereocenters. The molecule has 1 unspecified atom stereocenters. The van der Waals surface area contributed by atoms with Gasteiger partial charge >= 0.3 is 0 Å². The summed E-state index contributed by atoms with van der Waals surface area (Å²) in [6.45, 7) is 4.76. The number of benzene rings is 1. The zero-order valence-corrected chi connectivity index (χ0v) is 27.9. The first kappa shape index (κ1) is 39.7. The Labute approximate surface area is 251 Å². The van der Waals surface area contributed by atoms with Gasteiger partial charge < -0.3 is 38.5 Å². The molecule has 0 saturated carbocycles. The minimum Gasteiger partial charge on any atom is -1.00 e. The molecular formula is C33H64Cl2N2O. The van der Waals surface area contributed by atoms with E-state index in [4.69, 9.17) is 4.74 Å². The number of methoxy groups -OCH3 is 1. The molecule has 5 heteroatoms. The zero-order chi connectivity index (χ0) is 26.7. The third kappa shape index (κ3) is 19.6. The molecule has 0 radical (unpaired) electrons. The highest BCUT2D eigenvalue weighted by molar-refractivity contribution is 5.28. The fraction of sp³-hybridized carbons (Fsp3) is 0.818. The standard InChI is InChI=1S/C33H64N2O.2ClH/c1-8-9-10-11-12-13-14-15-16-17-18-19-20-21-22-24-33(31-25-27-32(36-7)28-26-31)35(5,6)30-23-29-34(2,3)4;;/h25-28,33H,8-24,29-30H2,1-7H3;2*1H/q+2;;/p-2. The van der Waals surface area contributed by atoms with Gasteiger partial charge in [0, 0.05) is 18.4 Å². The number of halogens is 2. The smallest absolute Gasteiger partial charge is 0.118 e. The largest absolute Gasteiger partial charge is 1.00 e. The number of quaternary nitrogens is 2. The van der Waals surface area contributed by atoms with E-state index in [0.717, 1.165) is 14.7 Å². The highest BCUT2D eigenvalue weighted by Gasteiger charge is 2.29. The predicted molar refractivity (Wildman–Crippen MR) is 160 cm³/mol. The second kappa shape index (κ2) is 23.2. The summed E-state index contributed by atoms with van der Waals surface area (Å²) in [4.78, 5) is 0. The lowest BCUT2D eigenvalue weighted by Gasteiger charge is -2.39. The Morgan fingerprint density at radius 3 is 1.39 bits per heavy atom. The lowest BCUT2D eigenvalue weighted by atomic mass is 9.96. The van der Waals surface area contributed by atoms with Gasteiger partial charge in [-0.1, -0.05) is 96.8 Å². The first-order valence-corrected chi connectivity index (χ1v) is 15.5. The van der Waals surface area contributed by atoms with Crippen LogP contribution in [0.4, 0.5) is 0 Å². The average molecular weight is 576 g/mol. The van der Waals surface area contributed by atoms with Crippen molar-refractivity contribution in [1.29, 1.82) is 0 Å². The van der Waals surface area contributed by atoms with Crippen LogP contribution in [0.25, 0.3) is 0 Å². The SMILES string of the molecule is CCCCCCCCCCCCCCCCCC(c1ccc(OC)cc1)[N+](C)(C)CCC[N+](C)(C)C.[Cl-].[Cl-]. The highest BCUT2D eigenvalue weighted by atomic mass is 35.5. The molecule has 0 fully saturated rings. The molecule has 226 valence electrons. The molecule has 0 amide bonds. The molecule has 0 bridgehead atoms. The Morgan fingerprint density at radius 1 is 0.579 bits per heavy atom. The third-order valence-electron chi connectivity index (χ3n) is 7.99. The van der Waals surface area contributed by atoms with Crippen molar-refractivity contribution in [3.05, 3.63) is 29.8 Å². The molecular weight excluding hydrogens is 511 g/mol. The summed E-state index contributed by atoms with van der Waals surface area (Å²) in [7, 11) is 13.5. The van der Waals surface area contributed by atoms with Crippen LogP contribution in [0, 0.1) is 0 Å². The summed E-state index contributed by atoms with van der Waals surface area (Å²) in [6, 6.07) is 9.44. The van der Waals surface area contributed by atoms with Crippen LogP contribution < -0.4 is 29.6 Å². The lowest BCUT2D eigenvalue weighted by molar-refractivity contribution is -0.927. The van der Waals surface area contributed by atoms with Crippen LogP contribution in [0.15, 0.2) is 24.3 Å². The van der Waals surface area contributed by atoms with E-state index in [-0.39, 0.29) is 24.8 Å². The maximum Gasteiger partial charge on any atom is 0.118 e. The van der Waals surface area contributed by atoms with Gasteiger partial charge in [0.15, 0.2) is 0 Å². The van der Waals surface area contributed by atoms with Crippen molar-refractivity contribution >= 4 is 0 Å². The van der Waals surface area contributed by atoms with E-state index in [9.17, 15) is 0 Å².